The third-order valence-electron chi connectivity index (χ3n) is 1.60. The van der Waals surface area contributed by atoms with E-state index in [2.05, 4.69) is 15.0 Å². The predicted octanol–water partition coefficient (Wildman–Crippen LogP) is 1.01. The summed E-state index contributed by atoms with van der Waals surface area (Å²) < 4.78 is 4.37. The van der Waals surface area contributed by atoms with Crippen LogP contribution < -0.4 is 5.32 Å². The minimum Gasteiger partial charge on any atom is -0.477 e. The molecule has 0 unspecified atom stereocenters. The molecule has 1 amide bonds. The fourth-order valence-corrected chi connectivity index (χ4v) is 1.79. The van der Waals surface area contributed by atoms with Crippen LogP contribution in [0.2, 0.25) is 0 Å². The standard InChI is InChI=1S/C8H10N2O4S/c1-4-6(7(11)12)15-5(10-4)3-9-8(13)14-2/h3H2,1-2H3,(H,9,13)(H,11,12). The van der Waals surface area contributed by atoms with E-state index in [1.165, 1.54) is 7.11 Å². The summed E-state index contributed by atoms with van der Waals surface area (Å²) in [4.78, 5) is 25.6. The van der Waals surface area contributed by atoms with E-state index in [0.29, 0.717) is 10.7 Å². The molecule has 15 heavy (non-hydrogen) atoms. The first-order chi connectivity index (χ1) is 7.04. The molecule has 0 saturated heterocycles. The van der Waals surface area contributed by atoms with Crippen molar-refractivity contribution in [3.8, 4) is 0 Å². The maximum Gasteiger partial charge on any atom is 0.407 e. The molecule has 1 aromatic heterocycles. The molecule has 0 saturated carbocycles. The van der Waals surface area contributed by atoms with Gasteiger partial charge in [0.25, 0.3) is 0 Å². The zero-order valence-electron chi connectivity index (χ0n) is 8.23. The maximum atomic E-state index is 10.7. The molecule has 1 aromatic rings. The lowest BCUT2D eigenvalue weighted by molar-refractivity contribution is 0.0701. The Hall–Kier alpha value is -1.63. The number of ether oxygens (including phenoxy) is 1. The lowest BCUT2D eigenvalue weighted by Gasteiger charge is -1.99. The molecular formula is C8H10N2O4S. The molecule has 82 valence electrons. The van der Waals surface area contributed by atoms with Gasteiger partial charge in [-0.25, -0.2) is 14.6 Å². The highest BCUT2D eigenvalue weighted by atomic mass is 32.1. The first kappa shape index (κ1) is 11.4. The second-order valence-corrected chi connectivity index (χ2v) is 3.76. The van der Waals surface area contributed by atoms with Crippen molar-refractivity contribution in [1.82, 2.24) is 10.3 Å². The van der Waals surface area contributed by atoms with Crippen LogP contribution in [0.1, 0.15) is 20.4 Å². The number of aromatic nitrogens is 1. The Morgan fingerprint density at radius 1 is 1.60 bits per heavy atom. The Morgan fingerprint density at radius 2 is 2.27 bits per heavy atom. The summed E-state index contributed by atoms with van der Waals surface area (Å²) in [5, 5.41) is 11.7. The summed E-state index contributed by atoms with van der Waals surface area (Å²) in [5.74, 6) is -1.01. The van der Waals surface area contributed by atoms with E-state index < -0.39 is 12.1 Å². The Balaban J connectivity index is 2.67. The van der Waals surface area contributed by atoms with E-state index >= 15 is 0 Å². The average molecular weight is 230 g/mol. The highest BCUT2D eigenvalue weighted by Crippen LogP contribution is 2.17. The van der Waals surface area contributed by atoms with Gasteiger partial charge in [0.05, 0.1) is 19.3 Å². The number of carboxylic acids is 1. The second kappa shape index (κ2) is 4.74. The third kappa shape index (κ3) is 2.91. The number of amides is 1. The van der Waals surface area contributed by atoms with Gasteiger partial charge in [0.2, 0.25) is 0 Å². The quantitative estimate of drug-likeness (QED) is 0.808. The molecule has 7 heteroatoms. The fourth-order valence-electron chi connectivity index (χ4n) is 0.946. The molecule has 1 heterocycles. The summed E-state index contributed by atoms with van der Waals surface area (Å²) in [6.45, 7) is 1.78. The maximum absolute atomic E-state index is 10.7. The number of aromatic carboxylic acids is 1. The first-order valence-corrected chi connectivity index (χ1v) is 4.87. The van der Waals surface area contributed by atoms with Gasteiger partial charge in [-0.05, 0) is 6.92 Å². The van der Waals surface area contributed by atoms with Crippen LogP contribution in [0.15, 0.2) is 0 Å². The molecule has 0 fully saturated rings. The molecule has 1 rings (SSSR count). The average Bonchev–Trinajstić information content (AvgIpc) is 2.56. The van der Waals surface area contributed by atoms with Crippen molar-refractivity contribution >= 4 is 23.4 Å². The Morgan fingerprint density at radius 3 is 2.73 bits per heavy atom. The first-order valence-electron chi connectivity index (χ1n) is 4.06. The number of nitrogens with one attached hydrogen (secondary N) is 1. The van der Waals surface area contributed by atoms with Gasteiger partial charge in [-0.15, -0.1) is 11.3 Å². The number of aryl methyl sites for hydroxylation is 1. The lowest BCUT2D eigenvalue weighted by atomic mass is 10.4. The minimum atomic E-state index is -1.01. The number of rotatable bonds is 3. The number of hydrogen-bond acceptors (Lipinski definition) is 5. The fraction of sp³-hybridized carbons (Fsp3) is 0.375. The predicted molar refractivity (Wildman–Crippen MR) is 53.1 cm³/mol. The van der Waals surface area contributed by atoms with Crippen molar-refractivity contribution in [2.45, 2.75) is 13.5 Å². The van der Waals surface area contributed by atoms with E-state index in [1.807, 2.05) is 0 Å². The monoisotopic (exact) mass is 230 g/mol. The number of nitrogens with zero attached hydrogens (tertiary/aromatic N) is 1. The molecule has 2 N–H and O–H groups in total. The molecule has 0 radical (unpaired) electrons. The van der Waals surface area contributed by atoms with Crippen LogP contribution in [0.4, 0.5) is 4.79 Å². The van der Waals surface area contributed by atoms with Crippen LogP contribution in [0, 0.1) is 6.92 Å². The summed E-state index contributed by atoms with van der Waals surface area (Å²) in [5.41, 5.74) is 0.453. The molecular weight excluding hydrogens is 220 g/mol. The largest absolute Gasteiger partial charge is 0.477 e. The molecule has 6 nitrogen and oxygen atoms in total. The number of carbonyl (C=O) groups excluding carboxylic acids is 1. The summed E-state index contributed by atoms with van der Waals surface area (Å²) in [6, 6.07) is 0. The van der Waals surface area contributed by atoms with Crippen LogP contribution in [-0.4, -0.2) is 29.3 Å². The van der Waals surface area contributed by atoms with Gasteiger partial charge in [0.1, 0.15) is 9.88 Å². The van der Waals surface area contributed by atoms with Crippen molar-refractivity contribution in [3.05, 3.63) is 15.6 Å². The number of thiazole rings is 1. The number of alkyl carbamates (subject to hydrolysis) is 1. The molecule has 0 bridgehead atoms. The molecule has 0 atom stereocenters. The number of carboxylic acid groups (broad SMARTS) is 1. The number of methoxy groups -OCH3 is 1. The normalized spacial score (nSPS) is 9.73. The second-order valence-electron chi connectivity index (χ2n) is 2.67. The Kier molecular flexibility index (Phi) is 3.62. The number of hydrogen-bond donors (Lipinski definition) is 2. The van der Waals surface area contributed by atoms with E-state index in [9.17, 15) is 9.59 Å². The highest BCUT2D eigenvalue weighted by molar-refractivity contribution is 7.13. The van der Waals surface area contributed by atoms with E-state index in [0.717, 1.165) is 11.3 Å². The van der Waals surface area contributed by atoms with Gasteiger partial charge < -0.3 is 15.2 Å². The van der Waals surface area contributed by atoms with Crippen LogP contribution in [-0.2, 0) is 11.3 Å². The highest BCUT2D eigenvalue weighted by Gasteiger charge is 2.14. The molecule has 0 aliphatic carbocycles. The van der Waals surface area contributed by atoms with Crippen molar-refractivity contribution < 1.29 is 19.4 Å². The molecule has 0 aromatic carbocycles. The van der Waals surface area contributed by atoms with Crippen molar-refractivity contribution in [2.24, 2.45) is 0 Å². The van der Waals surface area contributed by atoms with E-state index in [1.54, 1.807) is 6.92 Å². The lowest BCUT2D eigenvalue weighted by Crippen LogP contribution is -2.22. The van der Waals surface area contributed by atoms with Crippen LogP contribution in [0.5, 0.6) is 0 Å². The zero-order valence-corrected chi connectivity index (χ0v) is 9.05. The van der Waals surface area contributed by atoms with Gasteiger partial charge in [-0.3, -0.25) is 0 Å². The molecule has 0 aliphatic heterocycles. The van der Waals surface area contributed by atoms with Crippen molar-refractivity contribution in [2.75, 3.05) is 7.11 Å². The van der Waals surface area contributed by atoms with E-state index in [-0.39, 0.29) is 11.4 Å². The van der Waals surface area contributed by atoms with Crippen molar-refractivity contribution in [3.63, 3.8) is 0 Å². The summed E-state index contributed by atoms with van der Waals surface area (Å²) >= 11 is 1.04. The van der Waals surface area contributed by atoms with Crippen LogP contribution in [0.25, 0.3) is 0 Å². The molecule has 0 spiro atoms. The smallest absolute Gasteiger partial charge is 0.407 e. The Bertz CT molecular complexity index is 388. The number of carbonyl (C=O) groups is 2. The Labute approximate surface area is 89.9 Å². The van der Waals surface area contributed by atoms with Gasteiger partial charge in [-0.1, -0.05) is 0 Å². The van der Waals surface area contributed by atoms with Gasteiger partial charge in [-0.2, -0.15) is 0 Å². The van der Waals surface area contributed by atoms with Crippen LogP contribution >= 0.6 is 11.3 Å². The zero-order chi connectivity index (χ0) is 11.4. The van der Waals surface area contributed by atoms with E-state index in [4.69, 9.17) is 5.11 Å². The third-order valence-corrected chi connectivity index (χ3v) is 2.75. The minimum absolute atomic E-state index is 0.172. The summed E-state index contributed by atoms with van der Waals surface area (Å²) in [7, 11) is 1.26. The van der Waals surface area contributed by atoms with Gasteiger partial charge in [0.15, 0.2) is 0 Å². The van der Waals surface area contributed by atoms with Gasteiger partial charge in [0, 0.05) is 0 Å². The molecule has 0 aliphatic rings. The van der Waals surface area contributed by atoms with Gasteiger partial charge >= 0.3 is 12.1 Å². The topological polar surface area (TPSA) is 88.5 Å². The van der Waals surface area contributed by atoms with Crippen LogP contribution in [0.3, 0.4) is 0 Å². The SMILES string of the molecule is COC(=O)NCc1nc(C)c(C(=O)O)s1. The van der Waals surface area contributed by atoms with Crippen molar-refractivity contribution in [1.29, 1.82) is 0 Å². The summed E-state index contributed by atoms with van der Waals surface area (Å²) in [6.07, 6.45) is -0.570.